The molecule has 3 rings (SSSR count). The molecular formula is C21H21F2NO2. The van der Waals surface area contributed by atoms with E-state index in [-0.39, 0.29) is 5.91 Å². The first kappa shape index (κ1) is 18.1. The molecule has 0 unspecified atom stereocenters. The van der Waals surface area contributed by atoms with Crippen LogP contribution >= 0.6 is 0 Å². The summed E-state index contributed by atoms with van der Waals surface area (Å²) >= 11 is 0. The predicted molar refractivity (Wildman–Crippen MR) is 97.7 cm³/mol. The van der Waals surface area contributed by atoms with Gasteiger partial charge in [0.05, 0.1) is 7.11 Å². The van der Waals surface area contributed by atoms with Gasteiger partial charge in [0, 0.05) is 18.7 Å². The summed E-state index contributed by atoms with van der Waals surface area (Å²) in [6, 6.07) is 10.8. The highest BCUT2D eigenvalue weighted by Crippen LogP contribution is 2.25. The Kier molecular flexibility index (Phi) is 5.66. The third-order valence-corrected chi connectivity index (χ3v) is 4.53. The Morgan fingerprint density at radius 3 is 2.31 bits per heavy atom. The summed E-state index contributed by atoms with van der Waals surface area (Å²) in [5.41, 5.74) is 1.62. The maximum atomic E-state index is 13.6. The lowest BCUT2D eigenvalue weighted by molar-refractivity contribution is -0.125. The molecule has 0 N–H and O–H groups in total. The molecule has 0 saturated carbocycles. The van der Waals surface area contributed by atoms with Crippen molar-refractivity contribution >= 4 is 17.6 Å². The average Bonchev–Trinajstić information content (AvgIpc) is 2.69. The second-order valence-corrected chi connectivity index (χ2v) is 6.31. The minimum Gasteiger partial charge on any atom is -0.497 e. The summed E-state index contributed by atoms with van der Waals surface area (Å²) in [7, 11) is 1.58. The number of methoxy groups -OCH3 is 1. The van der Waals surface area contributed by atoms with E-state index in [1.807, 2.05) is 4.90 Å². The lowest BCUT2D eigenvalue weighted by atomic mass is 10.00. The summed E-state index contributed by atoms with van der Waals surface area (Å²) in [6.07, 6.45) is 4.69. The maximum Gasteiger partial charge on any atom is 0.254 e. The SMILES string of the molecule is COc1ccc(/C(=C\c2ccc(F)c(F)c2)C(=O)N2CCCCC2)cc1. The molecule has 1 aliphatic rings. The van der Waals surface area contributed by atoms with Crippen LogP contribution in [0.1, 0.15) is 30.4 Å². The lowest BCUT2D eigenvalue weighted by Gasteiger charge is -2.28. The van der Waals surface area contributed by atoms with E-state index < -0.39 is 11.6 Å². The van der Waals surface area contributed by atoms with Crippen molar-refractivity contribution in [1.82, 2.24) is 4.90 Å². The summed E-state index contributed by atoms with van der Waals surface area (Å²) in [4.78, 5) is 14.9. The van der Waals surface area contributed by atoms with Crippen LogP contribution in [0.25, 0.3) is 11.6 Å². The molecule has 0 radical (unpaired) electrons. The summed E-state index contributed by atoms with van der Waals surface area (Å²) in [5, 5.41) is 0. The van der Waals surface area contributed by atoms with Crippen molar-refractivity contribution in [2.24, 2.45) is 0 Å². The van der Waals surface area contributed by atoms with Crippen molar-refractivity contribution in [1.29, 1.82) is 0 Å². The number of rotatable bonds is 4. The quantitative estimate of drug-likeness (QED) is 0.594. The number of likely N-dealkylation sites (tertiary alicyclic amines) is 1. The minimum atomic E-state index is -0.932. The van der Waals surface area contributed by atoms with Crippen LogP contribution in [0.2, 0.25) is 0 Å². The van der Waals surface area contributed by atoms with Gasteiger partial charge in [-0.15, -0.1) is 0 Å². The van der Waals surface area contributed by atoms with Crippen LogP contribution in [0.4, 0.5) is 8.78 Å². The monoisotopic (exact) mass is 357 g/mol. The molecule has 136 valence electrons. The third kappa shape index (κ3) is 4.10. The van der Waals surface area contributed by atoms with E-state index >= 15 is 0 Å². The van der Waals surface area contributed by atoms with Gasteiger partial charge in [-0.05, 0) is 60.7 Å². The van der Waals surface area contributed by atoms with Crippen LogP contribution in [0.5, 0.6) is 5.75 Å². The Morgan fingerprint density at radius 2 is 1.69 bits per heavy atom. The van der Waals surface area contributed by atoms with Gasteiger partial charge in [-0.3, -0.25) is 4.79 Å². The van der Waals surface area contributed by atoms with E-state index in [1.165, 1.54) is 6.07 Å². The fraction of sp³-hybridized carbons (Fsp3) is 0.286. The number of carbonyl (C=O) groups is 1. The number of amides is 1. The molecule has 0 aromatic heterocycles. The van der Waals surface area contributed by atoms with E-state index in [4.69, 9.17) is 4.74 Å². The van der Waals surface area contributed by atoms with Crippen molar-refractivity contribution in [2.75, 3.05) is 20.2 Å². The van der Waals surface area contributed by atoms with E-state index in [0.717, 1.165) is 31.4 Å². The van der Waals surface area contributed by atoms with E-state index in [0.29, 0.717) is 35.5 Å². The zero-order valence-corrected chi connectivity index (χ0v) is 14.7. The highest BCUT2D eigenvalue weighted by atomic mass is 19.2. The molecule has 0 aliphatic carbocycles. The molecule has 26 heavy (non-hydrogen) atoms. The number of carbonyl (C=O) groups excluding carboxylic acids is 1. The molecule has 1 heterocycles. The minimum absolute atomic E-state index is 0.0976. The van der Waals surface area contributed by atoms with Gasteiger partial charge in [0.15, 0.2) is 11.6 Å². The normalized spacial score (nSPS) is 15.0. The molecule has 1 aliphatic heterocycles. The van der Waals surface area contributed by atoms with E-state index in [9.17, 15) is 13.6 Å². The van der Waals surface area contributed by atoms with E-state index in [2.05, 4.69) is 0 Å². The van der Waals surface area contributed by atoms with Crippen molar-refractivity contribution in [3.8, 4) is 5.75 Å². The van der Waals surface area contributed by atoms with Gasteiger partial charge < -0.3 is 9.64 Å². The van der Waals surface area contributed by atoms with Crippen molar-refractivity contribution in [3.05, 3.63) is 65.2 Å². The van der Waals surface area contributed by atoms with Crippen LogP contribution in [-0.2, 0) is 4.79 Å². The smallest absolute Gasteiger partial charge is 0.254 e. The Balaban J connectivity index is 2.00. The highest BCUT2D eigenvalue weighted by Gasteiger charge is 2.21. The molecule has 1 saturated heterocycles. The zero-order valence-electron chi connectivity index (χ0n) is 14.7. The number of hydrogen-bond donors (Lipinski definition) is 0. The number of nitrogens with zero attached hydrogens (tertiary/aromatic N) is 1. The third-order valence-electron chi connectivity index (χ3n) is 4.53. The second-order valence-electron chi connectivity index (χ2n) is 6.31. The zero-order chi connectivity index (χ0) is 18.5. The van der Waals surface area contributed by atoms with Crippen LogP contribution in [-0.4, -0.2) is 31.0 Å². The average molecular weight is 357 g/mol. The molecule has 1 fully saturated rings. The Hall–Kier alpha value is -2.69. The summed E-state index contributed by atoms with van der Waals surface area (Å²) in [6.45, 7) is 1.42. The molecular weight excluding hydrogens is 336 g/mol. The number of benzene rings is 2. The number of halogens is 2. The van der Waals surface area contributed by atoms with Crippen molar-refractivity contribution < 1.29 is 18.3 Å². The first-order chi connectivity index (χ1) is 12.6. The number of piperidine rings is 1. The van der Waals surface area contributed by atoms with Crippen molar-refractivity contribution in [2.45, 2.75) is 19.3 Å². The van der Waals surface area contributed by atoms with Crippen LogP contribution in [0.15, 0.2) is 42.5 Å². The topological polar surface area (TPSA) is 29.5 Å². The Morgan fingerprint density at radius 1 is 1.00 bits per heavy atom. The molecule has 0 bridgehead atoms. The van der Waals surface area contributed by atoms with Gasteiger partial charge in [0.2, 0.25) is 0 Å². The molecule has 2 aromatic rings. The van der Waals surface area contributed by atoms with Crippen LogP contribution < -0.4 is 4.74 Å². The summed E-state index contributed by atoms with van der Waals surface area (Å²) < 4.78 is 31.9. The van der Waals surface area contributed by atoms with Crippen LogP contribution in [0.3, 0.4) is 0 Å². The Bertz CT molecular complexity index is 809. The predicted octanol–water partition coefficient (Wildman–Crippen LogP) is 4.53. The molecule has 2 aromatic carbocycles. The molecule has 0 spiro atoms. The number of ether oxygens (including phenoxy) is 1. The first-order valence-corrected chi connectivity index (χ1v) is 8.69. The largest absolute Gasteiger partial charge is 0.497 e. The standard InChI is InChI=1S/C21H21F2NO2/c1-26-17-8-6-16(7-9-17)18(21(25)24-11-3-2-4-12-24)13-15-5-10-19(22)20(23)14-15/h5-10,13-14H,2-4,11-12H2,1H3/b18-13+. The van der Waals surface area contributed by atoms with Gasteiger partial charge in [0.1, 0.15) is 5.75 Å². The second kappa shape index (κ2) is 8.13. The molecule has 0 atom stereocenters. The van der Waals surface area contributed by atoms with E-state index in [1.54, 1.807) is 37.5 Å². The fourth-order valence-corrected chi connectivity index (χ4v) is 3.08. The lowest BCUT2D eigenvalue weighted by Crippen LogP contribution is -2.36. The van der Waals surface area contributed by atoms with Gasteiger partial charge >= 0.3 is 0 Å². The van der Waals surface area contributed by atoms with Crippen LogP contribution in [0, 0.1) is 11.6 Å². The van der Waals surface area contributed by atoms with Gasteiger partial charge in [-0.1, -0.05) is 18.2 Å². The fourth-order valence-electron chi connectivity index (χ4n) is 3.08. The highest BCUT2D eigenvalue weighted by molar-refractivity contribution is 6.24. The molecule has 1 amide bonds. The van der Waals surface area contributed by atoms with Gasteiger partial charge in [0.25, 0.3) is 5.91 Å². The maximum absolute atomic E-state index is 13.6. The molecule has 5 heteroatoms. The van der Waals surface area contributed by atoms with Gasteiger partial charge in [-0.2, -0.15) is 0 Å². The summed E-state index contributed by atoms with van der Waals surface area (Å²) in [5.74, 6) is -1.25. The number of hydrogen-bond acceptors (Lipinski definition) is 2. The first-order valence-electron chi connectivity index (χ1n) is 8.69. The van der Waals surface area contributed by atoms with Crippen molar-refractivity contribution in [3.63, 3.8) is 0 Å². The van der Waals surface area contributed by atoms with Gasteiger partial charge in [-0.25, -0.2) is 8.78 Å². The Labute approximate surface area is 151 Å². The molecule has 3 nitrogen and oxygen atoms in total.